The first-order valence-electron chi connectivity index (χ1n) is 6.80. The van der Waals surface area contributed by atoms with Gasteiger partial charge in [0.25, 0.3) is 0 Å². The van der Waals surface area contributed by atoms with E-state index in [-0.39, 0.29) is 0 Å². The molecule has 0 spiro atoms. The van der Waals surface area contributed by atoms with Crippen molar-refractivity contribution in [2.75, 3.05) is 5.32 Å². The monoisotopic (exact) mass is 244 g/mol. The molecule has 2 heterocycles. The molecule has 2 aromatic rings. The summed E-state index contributed by atoms with van der Waals surface area (Å²) in [5.41, 5.74) is 2.08. The summed E-state index contributed by atoms with van der Waals surface area (Å²) in [5.74, 6) is 1.86. The van der Waals surface area contributed by atoms with Gasteiger partial charge in [-0.05, 0) is 44.6 Å². The Balaban J connectivity index is 1.84. The Morgan fingerprint density at radius 1 is 1.28 bits per heavy atom. The quantitative estimate of drug-likeness (QED) is 0.852. The van der Waals surface area contributed by atoms with Crippen LogP contribution in [0, 0.1) is 12.8 Å². The van der Waals surface area contributed by atoms with Crippen LogP contribution in [0.1, 0.15) is 38.3 Å². The maximum absolute atomic E-state index is 4.48. The van der Waals surface area contributed by atoms with E-state index in [1.807, 2.05) is 19.2 Å². The Kier molecular flexibility index (Phi) is 2.94. The second-order valence-electron chi connectivity index (χ2n) is 5.50. The number of aryl methyl sites for hydroxylation is 1. The highest BCUT2D eigenvalue weighted by molar-refractivity contribution is 5.91. The molecule has 0 aromatic carbocycles. The number of aromatic amines is 1. The third-order valence-corrected chi connectivity index (χ3v) is 4.00. The molecule has 1 saturated carbocycles. The fourth-order valence-corrected chi connectivity index (χ4v) is 2.82. The summed E-state index contributed by atoms with van der Waals surface area (Å²) < 4.78 is 0. The molecule has 0 amide bonds. The number of nitrogens with one attached hydrogen (secondary N) is 2. The lowest BCUT2D eigenvalue weighted by atomic mass is 9.87. The Labute approximate surface area is 107 Å². The summed E-state index contributed by atoms with van der Waals surface area (Å²) in [6, 6.07) is 2.51. The van der Waals surface area contributed by atoms with Crippen molar-refractivity contribution < 1.29 is 0 Å². The third kappa shape index (κ3) is 2.07. The van der Waals surface area contributed by atoms with Crippen molar-refractivity contribution in [2.45, 2.75) is 45.6 Å². The van der Waals surface area contributed by atoms with Gasteiger partial charge in [-0.25, -0.2) is 4.98 Å². The minimum absolute atomic E-state index is 0.564. The van der Waals surface area contributed by atoms with E-state index in [1.54, 1.807) is 0 Å². The van der Waals surface area contributed by atoms with Crippen LogP contribution in [0.3, 0.4) is 0 Å². The standard InChI is InChI=1S/C14H20N4/c1-9-3-5-11(6-4-9)16-14-13-10(2)17-18-12(13)7-8-15-14/h7-9,11H,3-6H2,1-2H3,(H,15,16)(H,17,18). The van der Waals surface area contributed by atoms with E-state index in [4.69, 9.17) is 0 Å². The van der Waals surface area contributed by atoms with E-state index >= 15 is 0 Å². The molecule has 1 aliphatic carbocycles. The zero-order chi connectivity index (χ0) is 12.5. The molecular formula is C14H20N4. The average molecular weight is 244 g/mol. The first-order chi connectivity index (χ1) is 8.74. The number of H-pyrrole nitrogens is 1. The molecule has 0 saturated heterocycles. The second kappa shape index (κ2) is 4.59. The van der Waals surface area contributed by atoms with Crippen LogP contribution in [-0.2, 0) is 0 Å². The molecule has 3 rings (SSSR count). The molecule has 0 aliphatic heterocycles. The Morgan fingerprint density at radius 3 is 2.83 bits per heavy atom. The van der Waals surface area contributed by atoms with Crippen LogP contribution in [0.4, 0.5) is 5.82 Å². The Morgan fingerprint density at radius 2 is 2.06 bits per heavy atom. The lowest BCUT2D eigenvalue weighted by Crippen LogP contribution is -2.25. The summed E-state index contributed by atoms with van der Waals surface area (Å²) in [4.78, 5) is 4.48. The largest absolute Gasteiger partial charge is 0.367 e. The number of fused-ring (bicyclic) bond motifs is 1. The lowest BCUT2D eigenvalue weighted by Gasteiger charge is -2.27. The molecule has 1 fully saturated rings. The molecule has 96 valence electrons. The SMILES string of the molecule is Cc1[nH]nc2ccnc(NC3CCC(C)CC3)c12. The average Bonchev–Trinajstić information content (AvgIpc) is 2.75. The van der Waals surface area contributed by atoms with Gasteiger partial charge in [0.1, 0.15) is 5.82 Å². The fraction of sp³-hybridized carbons (Fsp3) is 0.571. The van der Waals surface area contributed by atoms with E-state index in [0.717, 1.165) is 28.3 Å². The first-order valence-corrected chi connectivity index (χ1v) is 6.80. The first kappa shape index (κ1) is 11.5. The van der Waals surface area contributed by atoms with Gasteiger partial charge in [0.2, 0.25) is 0 Å². The molecule has 18 heavy (non-hydrogen) atoms. The van der Waals surface area contributed by atoms with Gasteiger partial charge < -0.3 is 5.32 Å². The molecule has 0 bridgehead atoms. The van der Waals surface area contributed by atoms with E-state index in [9.17, 15) is 0 Å². The van der Waals surface area contributed by atoms with Gasteiger partial charge in [-0.1, -0.05) is 6.92 Å². The molecular weight excluding hydrogens is 224 g/mol. The molecule has 0 atom stereocenters. The molecule has 0 radical (unpaired) electrons. The predicted octanol–water partition coefficient (Wildman–Crippen LogP) is 3.26. The minimum atomic E-state index is 0.564. The van der Waals surface area contributed by atoms with Gasteiger partial charge in [-0.15, -0.1) is 0 Å². The normalized spacial score (nSPS) is 24.3. The van der Waals surface area contributed by atoms with Crippen LogP contribution in [0.25, 0.3) is 10.9 Å². The van der Waals surface area contributed by atoms with Crippen molar-refractivity contribution in [1.29, 1.82) is 0 Å². The number of pyridine rings is 1. The van der Waals surface area contributed by atoms with Gasteiger partial charge in [0.05, 0.1) is 10.9 Å². The maximum Gasteiger partial charge on any atom is 0.137 e. The van der Waals surface area contributed by atoms with E-state index in [1.165, 1.54) is 25.7 Å². The fourth-order valence-electron chi connectivity index (χ4n) is 2.82. The van der Waals surface area contributed by atoms with E-state index in [2.05, 4.69) is 27.4 Å². The number of nitrogens with zero attached hydrogens (tertiary/aromatic N) is 2. The number of anilines is 1. The molecule has 2 N–H and O–H groups in total. The minimum Gasteiger partial charge on any atom is -0.367 e. The van der Waals surface area contributed by atoms with Crippen molar-refractivity contribution >= 4 is 16.7 Å². The number of rotatable bonds is 2. The lowest BCUT2D eigenvalue weighted by molar-refractivity contribution is 0.361. The summed E-state index contributed by atoms with van der Waals surface area (Å²) in [6.07, 6.45) is 6.96. The highest BCUT2D eigenvalue weighted by Gasteiger charge is 2.19. The molecule has 1 aliphatic rings. The Hall–Kier alpha value is -1.58. The number of aromatic nitrogens is 3. The second-order valence-corrected chi connectivity index (χ2v) is 5.50. The predicted molar refractivity (Wildman–Crippen MR) is 73.7 cm³/mol. The van der Waals surface area contributed by atoms with Crippen molar-refractivity contribution in [1.82, 2.24) is 15.2 Å². The van der Waals surface area contributed by atoms with Gasteiger partial charge >= 0.3 is 0 Å². The topological polar surface area (TPSA) is 53.6 Å². The van der Waals surface area contributed by atoms with Gasteiger partial charge in [-0.3, -0.25) is 5.10 Å². The number of hydrogen-bond donors (Lipinski definition) is 2. The zero-order valence-electron chi connectivity index (χ0n) is 11.0. The summed E-state index contributed by atoms with van der Waals surface area (Å²) in [6.45, 7) is 4.39. The van der Waals surface area contributed by atoms with Crippen LogP contribution in [0.2, 0.25) is 0 Å². The molecule has 2 aromatic heterocycles. The van der Waals surface area contributed by atoms with Crippen LogP contribution in [0.15, 0.2) is 12.3 Å². The van der Waals surface area contributed by atoms with Crippen molar-refractivity contribution in [2.24, 2.45) is 5.92 Å². The van der Waals surface area contributed by atoms with Gasteiger partial charge in [0, 0.05) is 17.9 Å². The van der Waals surface area contributed by atoms with Crippen molar-refractivity contribution in [3.05, 3.63) is 18.0 Å². The van der Waals surface area contributed by atoms with Gasteiger partial charge in [-0.2, -0.15) is 5.10 Å². The summed E-state index contributed by atoms with van der Waals surface area (Å²) >= 11 is 0. The molecule has 0 unspecified atom stereocenters. The highest BCUT2D eigenvalue weighted by atomic mass is 15.1. The van der Waals surface area contributed by atoms with E-state index < -0.39 is 0 Å². The Bertz CT molecular complexity index is 538. The highest BCUT2D eigenvalue weighted by Crippen LogP contribution is 2.28. The van der Waals surface area contributed by atoms with Crippen LogP contribution in [0.5, 0.6) is 0 Å². The molecule has 4 heteroatoms. The van der Waals surface area contributed by atoms with E-state index in [0.29, 0.717) is 6.04 Å². The summed E-state index contributed by atoms with van der Waals surface area (Å²) in [7, 11) is 0. The van der Waals surface area contributed by atoms with Crippen LogP contribution >= 0.6 is 0 Å². The third-order valence-electron chi connectivity index (χ3n) is 4.00. The number of hydrogen-bond acceptors (Lipinski definition) is 3. The van der Waals surface area contributed by atoms with Gasteiger partial charge in [0.15, 0.2) is 0 Å². The summed E-state index contributed by atoms with van der Waals surface area (Å²) in [5, 5.41) is 12.0. The van der Waals surface area contributed by atoms with Crippen LogP contribution < -0.4 is 5.32 Å². The smallest absolute Gasteiger partial charge is 0.137 e. The van der Waals surface area contributed by atoms with Crippen LogP contribution in [-0.4, -0.2) is 21.2 Å². The zero-order valence-corrected chi connectivity index (χ0v) is 11.0. The van der Waals surface area contributed by atoms with Crippen molar-refractivity contribution in [3.8, 4) is 0 Å². The van der Waals surface area contributed by atoms with Crippen molar-refractivity contribution in [3.63, 3.8) is 0 Å². The molecule has 4 nitrogen and oxygen atoms in total. The maximum atomic E-state index is 4.48.